The Hall–Kier alpha value is -5.77. The topological polar surface area (TPSA) is 16.1 Å². The first-order valence-corrected chi connectivity index (χ1v) is 16.4. The lowest BCUT2D eigenvalue weighted by atomic mass is 9.99. The van der Waals surface area contributed by atoms with Gasteiger partial charge >= 0.3 is 0 Å². The summed E-state index contributed by atoms with van der Waals surface area (Å²) in [5.41, 5.74) is 12.9. The third-order valence-corrected chi connectivity index (χ3v) is 9.97. The van der Waals surface area contributed by atoms with E-state index in [0.717, 1.165) is 33.3 Å². The predicted molar refractivity (Wildman–Crippen MR) is 195 cm³/mol. The molecule has 0 atom stereocenters. The second-order valence-electron chi connectivity index (χ2n) is 11.6. The summed E-state index contributed by atoms with van der Waals surface area (Å²) in [7, 11) is 0. The van der Waals surface area contributed by atoms with Gasteiger partial charge in [-0.25, -0.2) is 4.98 Å². The molecule has 0 unspecified atom stereocenters. The van der Waals surface area contributed by atoms with E-state index in [0.29, 0.717) is 0 Å². The molecule has 0 fully saturated rings. The van der Waals surface area contributed by atoms with Gasteiger partial charge in [-0.05, 0) is 52.6 Å². The fourth-order valence-electron chi connectivity index (χ4n) is 6.70. The van der Waals surface area contributed by atoms with Crippen LogP contribution in [0.2, 0.25) is 0 Å². The Kier molecular flexibility index (Phi) is 6.36. The minimum absolute atomic E-state index is 1.06. The molecule has 0 saturated heterocycles. The average molecular weight is 605 g/mol. The second-order valence-corrected chi connectivity index (χ2v) is 12.6. The van der Waals surface area contributed by atoms with Crippen LogP contribution >= 0.6 is 11.3 Å². The van der Waals surface area contributed by atoms with Crippen LogP contribution in [0, 0.1) is 0 Å². The van der Waals surface area contributed by atoms with Gasteiger partial charge < -0.3 is 4.90 Å². The van der Waals surface area contributed by atoms with Gasteiger partial charge in [-0.1, -0.05) is 140 Å². The largest absolute Gasteiger partial charge is 0.310 e. The molecule has 1 aliphatic rings. The number of rotatable bonds is 6. The monoisotopic (exact) mass is 604 g/mol. The molecule has 7 aromatic carbocycles. The predicted octanol–water partition coefficient (Wildman–Crippen LogP) is 12.4. The molecule has 1 heterocycles. The van der Waals surface area contributed by atoms with Crippen molar-refractivity contribution in [1.82, 2.24) is 4.98 Å². The summed E-state index contributed by atoms with van der Waals surface area (Å²) in [6, 6.07) is 60.8. The van der Waals surface area contributed by atoms with Crippen LogP contribution in [0.5, 0.6) is 0 Å². The number of anilines is 3. The van der Waals surface area contributed by atoms with E-state index in [4.69, 9.17) is 4.98 Å². The van der Waals surface area contributed by atoms with Crippen molar-refractivity contribution in [2.24, 2.45) is 0 Å². The summed E-state index contributed by atoms with van der Waals surface area (Å²) in [5, 5.41) is 3.56. The number of nitrogens with zero attached hydrogens (tertiary/aromatic N) is 2. The average Bonchev–Trinajstić information content (AvgIpc) is 3.70. The molecule has 3 heteroatoms. The first-order chi connectivity index (χ1) is 22.8. The van der Waals surface area contributed by atoms with E-state index in [9.17, 15) is 0 Å². The molecular formula is C43H28N2S. The molecule has 9 rings (SSSR count). The number of aromatic nitrogens is 1. The van der Waals surface area contributed by atoms with Crippen LogP contribution in [0.1, 0.15) is 0 Å². The van der Waals surface area contributed by atoms with E-state index in [1.165, 1.54) is 49.0 Å². The van der Waals surface area contributed by atoms with E-state index >= 15 is 0 Å². The first kappa shape index (κ1) is 26.6. The number of fused-ring (bicyclic) bond motifs is 3. The minimum atomic E-state index is 1.06. The second kappa shape index (κ2) is 11.0. The van der Waals surface area contributed by atoms with Gasteiger partial charge in [-0.15, -0.1) is 11.3 Å². The molecule has 0 bridgehead atoms. The van der Waals surface area contributed by atoms with E-state index in [2.05, 4.69) is 175 Å². The Morgan fingerprint density at radius 1 is 0.435 bits per heavy atom. The molecule has 216 valence electrons. The van der Waals surface area contributed by atoms with E-state index < -0.39 is 0 Å². The fraction of sp³-hybridized carbons (Fsp3) is 0. The van der Waals surface area contributed by atoms with Gasteiger partial charge in [-0.2, -0.15) is 0 Å². The van der Waals surface area contributed by atoms with E-state index in [-0.39, 0.29) is 0 Å². The molecule has 46 heavy (non-hydrogen) atoms. The number of hydrogen-bond donors (Lipinski definition) is 0. The molecular weight excluding hydrogens is 577 g/mol. The van der Waals surface area contributed by atoms with Gasteiger partial charge in [0.05, 0.1) is 16.3 Å². The van der Waals surface area contributed by atoms with Crippen LogP contribution in [0.25, 0.3) is 65.3 Å². The van der Waals surface area contributed by atoms with Crippen molar-refractivity contribution in [2.75, 3.05) is 4.90 Å². The minimum Gasteiger partial charge on any atom is -0.310 e. The van der Waals surface area contributed by atoms with Crippen molar-refractivity contribution in [3.63, 3.8) is 0 Å². The maximum atomic E-state index is 5.19. The Bertz CT molecular complexity index is 2250. The van der Waals surface area contributed by atoms with Crippen molar-refractivity contribution in [1.29, 1.82) is 0 Å². The molecule has 2 nitrogen and oxygen atoms in total. The van der Waals surface area contributed by atoms with Gasteiger partial charge in [0.25, 0.3) is 0 Å². The zero-order valence-electron chi connectivity index (χ0n) is 25.0. The zero-order chi connectivity index (χ0) is 30.5. The standard InChI is InChI=1S/C43H28N2S/c1-4-13-29(14-5-1)32-19-10-21-34(27-32)45(35-22-11-20-33(28-35)30-15-6-2-7-16-30)39-26-25-38-40-36(39)23-12-24-37(40)41-42(38)46-43(44-41)31-17-8-3-9-18-31/h1-28H. The van der Waals surface area contributed by atoms with Crippen molar-refractivity contribution in [3.8, 4) is 54.5 Å². The Morgan fingerprint density at radius 3 is 1.59 bits per heavy atom. The lowest BCUT2D eigenvalue weighted by Crippen LogP contribution is -2.11. The Labute approximate surface area is 272 Å². The summed E-state index contributed by atoms with van der Waals surface area (Å²) in [4.78, 5) is 8.85. The summed E-state index contributed by atoms with van der Waals surface area (Å²) in [6.07, 6.45) is 0. The number of hydrogen-bond acceptors (Lipinski definition) is 3. The van der Waals surface area contributed by atoms with Crippen molar-refractivity contribution in [3.05, 3.63) is 170 Å². The van der Waals surface area contributed by atoms with Gasteiger partial charge in [0.2, 0.25) is 0 Å². The molecule has 1 aromatic heterocycles. The van der Waals surface area contributed by atoms with Crippen LogP contribution in [-0.4, -0.2) is 4.98 Å². The van der Waals surface area contributed by atoms with Crippen molar-refractivity contribution in [2.45, 2.75) is 0 Å². The third kappa shape index (κ3) is 4.44. The molecule has 0 radical (unpaired) electrons. The fourth-order valence-corrected chi connectivity index (χ4v) is 7.82. The molecule has 0 saturated carbocycles. The van der Waals surface area contributed by atoms with Crippen LogP contribution in [0.4, 0.5) is 17.1 Å². The quantitative estimate of drug-likeness (QED) is 0.188. The maximum absolute atomic E-state index is 5.19. The lowest BCUT2D eigenvalue weighted by molar-refractivity contribution is 1.30. The van der Waals surface area contributed by atoms with Crippen LogP contribution < -0.4 is 4.90 Å². The molecule has 0 spiro atoms. The number of thiazole rings is 1. The zero-order valence-corrected chi connectivity index (χ0v) is 25.8. The van der Waals surface area contributed by atoms with Gasteiger partial charge in [0.15, 0.2) is 0 Å². The summed E-state index contributed by atoms with van der Waals surface area (Å²) in [6.45, 7) is 0. The lowest BCUT2D eigenvalue weighted by Gasteiger charge is -2.28. The Morgan fingerprint density at radius 2 is 0.978 bits per heavy atom. The maximum Gasteiger partial charge on any atom is 0.124 e. The van der Waals surface area contributed by atoms with Gasteiger partial charge in [0, 0.05) is 38.8 Å². The highest BCUT2D eigenvalue weighted by atomic mass is 32.1. The van der Waals surface area contributed by atoms with Crippen molar-refractivity contribution < 1.29 is 0 Å². The normalized spacial score (nSPS) is 11.5. The van der Waals surface area contributed by atoms with Gasteiger partial charge in [-0.3, -0.25) is 0 Å². The highest BCUT2D eigenvalue weighted by Gasteiger charge is 2.28. The molecule has 0 amide bonds. The highest BCUT2D eigenvalue weighted by molar-refractivity contribution is 7.19. The highest BCUT2D eigenvalue weighted by Crippen LogP contribution is 2.54. The van der Waals surface area contributed by atoms with E-state index in [1.807, 2.05) is 0 Å². The third-order valence-electron chi connectivity index (χ3n) is 8.83. The molecule has 1 aliphatic carbocycles. The summed E-state index contributed by atoms with van der Waals surface area (Å²) >= 11 is 1.79. The van der Waals surface area contributed by atoms with E-state index in [1.54, 1.807) is 11.3 Å². The molecule has 0 N–H and O–H groups in total. The SMILES string of the molecule is c1ccc(-c2cccc(N(c3cccc(-c4ccccc4)c3)c3ccc4c5c(cccc35)-c3nc(-c5ccccc5)sc3-4)c2)cc1. The van der Waals surface area contributed by atoms with Crippen LogP contribution in [-0.2, 0) is 0 Å². The Balaban J connectivity index is 1.24. The summed E-state index contributed by atoms with van der Waals surface area (Å²) < 4.78 is 0. The van der Waals surface area contributed by atoms with Crippen molar-refractivity contribution >= 4 is 39.2 Å². The summed E-state index contributed by atoms with van der Waals surface area (Å²) in [5.74, 6) is 0. The first-order valence-electron chi connectivity index (χ1n) is 15.6. The molecule has 8 aromatic rings. The van der Waals surface area contributed by atoms with Crippen LogP contribution in [0.15, 0.2) is 170 Å². The van der Waals surface area contributed by atoms with Crippen LogP contribution in [0.3, 0.4) is 0 Å². The van der Waals surface area contributed by atoms with Gasteiger partial charge in [0.1, 0.15) is 5.01 Å². The number of benzene rings is 7. The molecule has 0 aliphatic heterocycles. The smallest absolute Gasteiger partial charge is 0.124 e.